The minimum atomic E-state index is -0.114. The zero-order valence-corrected chi connectivity index (χ0v) is 14.2. The molecule has 1 heterocycles. The lowest BCUT2D eigenvalue weighted by Gasteiger charge is -2.17. The van der Waals surface area contributed by atoms with E-state index in [1.807, 2.05) is 57.2 Å². The third-order valence-corrected chi connectivity index (χ3v) is 4.34. The number of hydrogen-bond donors (Lipinski definition) is 1. The van der Waals surface area contributed by atoms with Gasteiger partial charge in [-0.15, -0.1) is 11.3 Å². The van der Waals surface area contributed by atoms with Gasteiger partial charge in [-0.1, -0.05) is 17.7 Å². The summed E-state index contributed by atoms with van der Waals surface area (Å²) in [6, 6.07) is 9.90. The second-order valence-electron chi connectivity index (χ2n) is 5.26. The molecular formula is C18H21NO2S. The first-order chi connectivity index (χ1) is 10.5. The van der Waals surface area contributed by atoms with Crippen molar-refractivity contribution >= 4 is 23.3 Å². The van der Waals surface area contributed by atoms with E-state index in [0.717, 1.165) is 21.8 Å². The molecule has 0 radical (unpaired) electrons. The van der Waals surface area contributed by atoms with Crippen molar-refractivity contribution in [2.75, 3.05) is 7.11 Å². The maximum Gasteiger partial charge on any atom is 0.244 e. The van der Waals surface area contributed by atoms with Crippen LogP contribution < -0.4 is 10.1 Å². The number of aryl methyl sites for hydroxylation is 2. The van der Waals surface area contributed by atoms with E-state index in [2.05, 4.69) is 5.32 Å². The van der Waals surface area contributed by atoms with Crippen molar-refractivity contribution in [2.45, 2.75) is 26.8 Å². The summed E-state index contributed by atoms with van der Waals surface area (Å²) in [5.74, 6) is 0.679. The van der Waals surface area contributed by atoms with Crippen LogP contribution in [-0.4, -0.2) is 13.0 Å². The van der Waals surface area contributed by atoms with E-state index in [9.17, 15) is 4.79 Å². The number of benzene rings is 1. The smallest absolute Gasteiger partial charge is 0.244 e. The largest absolute Gasteiger partial charge is 0.496 e. The molecule has 22 heavy (non-hydrogen) atoms. The van der Waals surface area contributed by atoms with E-state index in [4.69, 9.17) is 4.74 Å². The molecule has 0 aliphatic rings. The Kier molecular flexibility index (Phi) is 5.39. The van der Waals surface area contributed by atoms with E-state index >= 15 is 0 Å². The molecule has 0 spiro atoms. The molecule has 0 aliphatic heterocycles. The maximum atomic E-state index is 12.1. The number of nitrogens with one attached hydrogen (secondary N) is 1. The van der Waals surface area contributed by atoms with Crippen molar-refractivity contribution in [3.8, 4) is 5.75 Å². The minimum absolute atomic E-state index is 0.109. The molecule has 2 aromatic rings. The van der Waals surface area contributed by atoms with Crippen molar-refractivity contribution in [1.29, 1.82) is 0 Å². The van der Waals surface area contributed by atoms with Crippen molar-refractivity contribution in [3.63, 3.8) is 0 Å². The number of amides is 1. The van der Waals surface area contributed by atoms with Gasteiger partial charge in [-0.25, -0.2) is 0 Å². The Balaban J connectivity index is 2.05. The SMILES string of the molecule is COc1ccc(C)cc1[C@H](C)NC(=O)/C=C/c1ccc(C)s1. The highest BCUT2D eigenvalue weighted by Gasteiger charge is 2.13. The molecule has 2 rings (SSSR count). The number of thiophene rings is 1. The van der Waals surface area contributed by atoms with Gasteiger partial charge in [0.25, 0.3) is 0 Å². The highest BCUT2D eigenvalue weighted by Crippen LogP contribution is 2.26. The van der Waals surface area contributed by atoms with Crippen molar-refractivity contribution in [2.24, 2.45) is 0 Å². The van der Waals surface area contributed by atoms with Crippen LogP contribution in [0.3, 0.4) is 0 Å². The quantitative estimate of drug-likeness (QED) is 0.837. The Morgan fingerprint density at radius 3 is 2.68 bits per heavy atom. The molecule has 116 valence electrons. The Hall–Kier alpha value is -2.07. The highest BCUT2D eigenvalue weighted by atomic mass is 32.1. The number of ether oxygens (including phenoxy) is 1. The number of rotatable bonds is 5. The fourth-order valence-electron chi connectivity index (χ4n) is 2.23. The summed E-state index contributed by atoms with van der Waals surface area (Å²) in [5.41, 5.74) is 2.12. The molecule has 1 N–H and O–H groups in total. The fraction of sp³-hybridized carbons (Fsp3) is 0.278. The van der Waals surface area contributed by atoms with Crippen LogP contribution in [0.4, 0.5) is 0 Å². The van der Waals surface area contributed by atoms with Gasteiger partial charge in [0.15, 0.2) is 0 Å². The average molecular weight is 315 g/mol. The first-order valence-electron chi connectivity index (χ1n) is 7.19. The molecule has 0 saturated carbocycles. The second-order valence-corrected chi connectivity index (χ2v) is 6.58. The summed E-state index contributed by atoms with van der Waals surface area (Å²) < 4.78 is 5.37. The molecule has 0 fully saturated rings. The monoisotopic (exact) mass is 315 g/mol. The van der Waals surface area contributed by atoms with Crippen LogP contribution in [0.25, 0.3) is 6.08 Å². The van der Waals surface area contributed by atoms with Gasteiger partial charge in [-0.05, 0) is 45.0 Å². The number of carbonyl (C=O) groups excluding carboxylic acids is 1. The molecule has 1 aromatic carbocycles. The summed E-state index contributed by atoms with van der Waals surface area (Å²) in [6.45, 7) is 6.03. The van der Waals surface area contributed by atoms with Gasteiger partial charge < -0.3 is 10.1 Å². The van der Waals surface area contributed by atoms with Crippen LogP contribution in [0.2, 0.25) is 0 Å². The molecule has 0 unspecified atom stereocenters. The average Bonchev–Trinajstić information content (AvgIpc) is 2.90. The molecule has 0 aliphatic carbocycles. The van der Waals surface area contributed by atoms with Gasteiger partial charge in [0.05, 0.1) is 13.2 Å². The summed E-state index contributed by atoms with van der Waals surface area (Å²) in [7, 11) is 1.64. The van der Waals surface area contributed by atoms with Gasteiger partial charge in [0.2, 0.25) is 5.91 Å². The second kappa shape index (κ2) is 7.27. The fourth-order valence-corrected chi connectivity index (χ4v) is 3.01. The topological polar surface area (TPSA) is 38.3 Å². The van der Waals surface area contributed by atoms with Gasteiger partial charge in [0, 0.05) is 21.4 Å². The van der Waals surface area contributed by atoms with Crippen molar-refractivity contribution < 1.29 is 9.53 Å². The van der Waals surface area contributed by atoms with E-state index in [0.29, 0.717) is 0 Å². The predicted molar refractivity (Wildman–Crippen MR) is 92.4 cm³/mol. The van der Waals surface area contributed by atoms with Crippen LogP contribution in [0.5, 0.6) is 5.75 Å². The molecule has 1 amide bonds. The standard InChI is InChI=1S/C18H21NO2S/c1-12-5-9-17(21-4)16(11-12)14(3)19-18(20)10-8-15-7-6-13(2)22-15/h5-11,14H,1-4H3,(H,19,20)/b10-8+/t14-/m0/s1. The Morgan fingerprint density at radius 1 is 1.27 bits per heavy atom. The van der Waals surface area contributed by atoms with Crippen molar-refractivity contribution in [3.05, 3.63) is 57.3 Å². The Bertz CT molecular complexity index is 688. The van der Waals surface area contributed by atoms with E-state index < -0.39 is 0 Å². The molecule has 4 heteroatoms. The first-order valence-corrected chi connectivity index (χ1v) is 8.01. The van der Waals surface area contributed by atoms with Crippen LogP contribution in [0.1, 0.15) is 33.8 Å². The lowest BCUT2D eigenvalue weighted by atomic mass is 10.0. The van der Waals surface area contributed by atoms with Gasteiger partial charge in [-0.3, -0.25) is 4.79 Å². The predicted octanol–water partition coefficient (Wildman–Crippen LogP) is 4.26. The first kappa shape index (κ1) is 16.3. The van der Waals surface area contributed by atoms with Crippen molar-refractivity contribution in [1.82, 2.24) is 5.32 Å². The summed E-state index contributed by atoms with van der Waals surface area (Å²) in [4.78, 5) is 14.4. The van der Waals surface area contributed by atoms with E-state index in [1.165, 1.54) is 4.88 Å². The maximum absolute atomic E-state index is 12.1. The van der Waals surface area contributed by atoms with E-state index in [-0.39, 0.29) is 11.9 Å². The van der Waals surface area contributed by atoms with Gasteiger partial charge >= 0.3 is 0 Å². The van der Waals surface area contributed by atoms with Crippen LogP contribution in [0, 0.1) is 13.8 Å². The van der Waals surface area contributed by atoms with Gasteiger partial charge in [0.1, 0.15) is 5.75 Å². The minimum Gasteiger partial charge on any atom is -0.496 e. The Morgan fingerprint density at radius 2 is 2.05 bits per heavy atom. The van der Waals surface area contributed by atoms with Crippen LogP contribution in [-0.2, 0) is 4.79 Å². The zero-order chi connectivity index (χ0) is 16.1. The zero-order valence-electron chi connectivity index (χ0n) is 13.3. The highest BCUT2D eigenvalue weighted by molar-refractivity contribution is 7.12. The molecule has 1 atom stereocenters. The Labute approximate surface area is 135 Å². The van der Waals surface area contributed by atoms with Gasteiger partial charge in [-0.2, -0.15) is 0 Å². The summed E-state index contributed by atoms with van der Waals surface area (Å²) in [5, 5.41) is 2.97. The lowest BCUT2D eigenvalue weighted by Crippen LogP contribution is -2.25. The third kappa shape index (κ3) is 4.21. The van der Waals surface area contributed by atoms with Crippen LogP contribution in [0.15, 0.2) is 36.4 Å². The normalized spacial score (nSPS) is 12.4. The third-order valence-electron chi connectivity index (χ3n) is 3.37. The summed E-state index contributed by atoms with van der Waals surface area (Å²) in [6.07, 6.45) is 3.41. The molecule has 0 saturated heterocycles. The van der Waals surface area contributed by atoms with Crippen LogP contribution >= 0.6 is 11.3 Å². The number of hydrogen-bond acceptors (Lipinski definition) is 3. The number of carbonyl (C=O) groups is 1. The molecule has 0 bridgehead atoms. The number of methoxy groups -OCH3 is 1. The molecule has 3 nitrogen and oxygen atoms in total. The molecular weight excluding hydrogens is 294 g/mol. The lowest BCUT2D eigenvalue weighted by molar-refractivity contribution is -0.117. The van der Waals surface area contributed by atoms with E-state index in [1.54, 1.807) is 24.5 Å². The summed E-state index contributed by atoms with van der Waals surface area (Å²) >= 11 is 1.67. The molecule has 1 aromatic heterocycles.